The summed E-state index contributed by atoms with van der Waals surface area (Å²) in [5.41, 5.74) is 1.90. The number of para-hydroxylation sites is 1. The van der Waals surface area contributed by atoms with Gasteiger partial charge < -0.3 is 15.4 Å². The van der Waals surface area contributed by atoms with E-state index in [-0.39, 0.29) is 12.5 Å². The minimum absolute atomic E-state index is 0.00604. The third-order valence-electron chi connectivity index (χ3n) is 4.51. The normalized spacial score (nSPS) is 15.2. The van der Waals surface area contributed by atoms with Gasteiger partial charge in [0.05, 0.1) is 0 Å². The van der Waals surface area contributed by atoms with Crippen LogP contribution < -0.4 is 15.4 Å². The molecule has 2 N–H and O–H groups in total. The fraction of sp³-hybridized carbons (Fsp3) is 0.381. The molecule has 0 spiro atoms. The fourth-order valence-corrected chi connectivity index (χ4v) is 3.17. The van der Waals surface area contributed by atoms with E-state index in [1.54, 1.807) is 0 Å². The Labute approximate surface area is 149 Å². The average molecular weight is 338 g/mol. The van der Waals surface area contributed by atoms with Crippen LogP contribution in [0.4, 0.5) is 11.4 Å². The Morgan fingerprint density at radius 3 is 2.20 bits per heavy atom. The van der Waals surface area contributed by atoms with Crippen LogP contribution in [0.2, 0.25) is 0 Å². The molecule has 25 heavy (non-hydrogen) atoms. The summed E-state index contributed by atoms with van der Waals surface area (Å²) in [6.45, 7) is 0.00604. The first-order chi connectivity index (χ1) is 12.3. The maximum absolute atomic E-state index is 12.0. The van der Waals surface area contributed by atoms with Crippen LogP contribution in [-0.4, -0.2) is 18.6 Å². The molecule has 0 unspecified atom stereocenters. The highest BCUT2D eigenvalue weighted by atomic mass is 16.5. The van der Waals surface area contributed by atoms with Crippen molar-refractivity contribution in [1.29, 1.82) is 0 Å². The summed E-state index contributed by atoms with van der Waals surface area (Å²) in [6, 6.07) is 17.8. The van der Waals surface area contributed by atoms with Crippen LogP contribution in [0.25, 0.3) is 0 Å². The van der Waals surface area contributed by atoms with Crippen molar-refractivity contribution in [2.24, 2.45) is 0 Å². The molecule has 1 saturated carbocycles. The van der Waals surface area contributed by atoms with Crippen molar-refractivity contribution in [2.45, 2.75) is 44.6 Å². The van der Waals surface area contributed by atoms with E-state index in [0.29, 0.717) is 11.8 Å². The molecule has 0 saturated heterocycles. The summed E-state index contributed by atoms with van der Waals surface area (Å²) in [4.78, 5) is 12.0. The Morgan fingerprint density at radius 1 is 0.880 bits per heavy atom. The van der Waals surface area contributed by atoms with Crippen LogP contribution in [0.3, 0.4) is 0 Å². The molecule has 132 valence electrons. The van der Waals surface area contributed by atoms with Crippen molar-refractivity contribution in [2.75, 3.05) is 17.2 Å². The third kappa shape index (κ3) is 5.82. The lowest BCUT2D eigenvalue weighted by Crippen LogP contribution is -2.20. The highest BCUT2D eigenvalue weighted by Crippen LogP contribution is 2.22. The zero-order valence-corrected chi connectivity index (χ0v) is 14.5. The molecule has 1 aliphatic carbocycles. The van der Waals surface area contributed by atoms with Gasteiger partial charge in [-0.05, 0) is 49.2 Å². The molecule has 1 fully saturated rings. The molecule has 0 heterocycles. The molecule has 2 aromatic carbocycles. The predicted octanol–water partition coefficient (Wildman–Crippen LogP) is 4.84. The van der Waals surface area contributed by atoms with Gasteiger partial charge in [0, 0.05) is 17.4 Å². The number of anilines is 2. The van der Waals surface area contributed by atoms with Crippen LogP contribution in [0, 0.1) is 0 Å². The summed E-state index contributed by atoms with van der Waals surface area (Å²) in [7, 11) is 0. The van der Waals surface area contributed by atoms with Crippen molar-refractivity contribution in [3.05, 3.63) is 54.6 Å². The number of carbonyl (C=O) groups is 1. The summed E-state index contributed by atoms with van der Waals surface area (Å²) in [6.07, 6.45) is 7.83. The molecule has 2 aromatic rings. The van der Waals surface area contributed by atoms with Crippen LogP contribution in [0.1, 0.15) is 38.5 Å². The average Bonchev–Trinajstić information content (AvgIpc) is 2.91. The molecule has 4 nitrogen and oxygen atoms in total. The number of benzene rings is 2. The molecular weight excluding hydrogens is 312 g/mol. The number of hydrogen-bond acceptors (Lipinski definition) is 3. The van der Waals surface area contributed by atoms with E-state index in [4.69, 9.17) is 4.74 Å². The van der Waals surface area contributed by atoms with E-state index in [9.17, 15) is 4.79 Å². The van der Waals surface area contributed by atoms with Gasteiger partial charge >= 0.3 is 0 Å². The van der Waals surface area contributed by atoms with Crippen LogP contribution in [-0.2, 0) is 4.79 Å². The number of hydrogen-bond donors (Lipinski definition) is 2. The lowest BCUT2D eigenvalue weighted by atomic mass is 10.1. The van der Waals surface area contributed by atoms with Gasteiger partial charge in [0.1, 0.15) is 5.75 Å². The Balaban J connectivity index is 1.46. The molecule has 1 aliphatic rings. The lowest BCUT2D eigenvalue weighted by Gasteiger charge is -2.18. The molecule has 0 atom stereocenters. The minimum Gasteiger partial charge on any atom is -0.484 e. The van der Waals surface area contributed by atoms with Crippen LogP contribution >= 0.6 is 0 Å². The Kier molecular flexibility index (Phi) is 6.32. The van der Waals surface area contributed by atoms with Gasteiger partial charge in [-0.25, -0.2) is 0 Å². The van der Waals surface area contributed by atoms with Gasteiger partial charge in [0.15, 0.2) is 6.61 Å². The summed E-state index contributed by atoms with van der Waals surface area (Å²) < 4.78 is 5.45. The first-order valence-electron chi connectivity index (χ1n) is 9.14. The standard InChI is InChI=1S/C21H26N2O2/c24-21(16-25-20-10-6-3-7-11-20)23-19-14-12-18(13-15-19)22-17-8-4-1-2-5-9-17/h3,6-7,10-15,17,22H,1-2,4-5,8-9,16H2,(H,23,24). The van der Waals surface area contributed by atoms with E-state index >= 15 is 0 Å². The van der Waals surface area contributed by atoms with Crippen molar-refractivity contribution < 1.29 is 9.53 Å². The summed E-state index contributed by atoms with van der Waals surface area (Å²) in [5.74, 6) is 0.536. The van der Waals surface area contributed by atoms with Crippen LogP contribution in [0.15, 0.2) is 54.6 Å². The molecule has 0 aromatic heterocycles. The van der Waals surface area contributed by atoms with Gasteiger partial charge in [-0.15, -0.1) is 0 Å². The number of carbonyl (C=O) groups excluding carboxylic acids is 1. The summed E-state index contributed by atoms with van der Waals surface area (Å²) in [5, 5.41) is 6.47. The molecule has 0 aliphatic heterocycles. The number of amides is 1. The topological polar surface area (TPSA) is 50.4 Å². The van der Waals surface area contributed by atoms with E-state index < -0.39 is 0 Å². The first-order valence-corrected chi connectivity index (χ1v) is 9.14. The smallest absolute Gasteiger partial charge is 0.262 e. The fourth-order valence-electron chi connectivity index (χ4n) is 3.17. The first kappa shape index (κ1) is 17.3. The van der Waals surface area contributed by atoms with Crippen molar-refractivity contribution in [1.82, 2.24) is 0 Å². The van der Waals surface area contributed by atoms with Gasteiger partial charge in [0.25, 0.3) is 5.91 Å². The molecule has 3 rings (SSSR count). The second-order valence-corrected chi connectivity index (χ2v) is 6.56. The quantitative estimate of drug-likeness (QED) is 0.741. The highest BCUT2D eigenvalue weighted by molar-refractivity contribution is 5.92. The second-order valence-electron chi connectivity index (χ2n) is 6.56. The van der Waals surface area contributed by atoms with Gasteiger partial charge in [0.2, 0.25) is 0 Å². The van der Waals surface area contributed by atoms with Crippen LogP contribution in [0.5, 0.6) is 5.75 Å². The van der Waals surface area contributed by atoms with E-state index in [1.165, 1.54) is 38.5 Å². The molecular formula is C21H26N2O2. The highest BCUT2D eigenvalue weighted by Gasteiger charge is 2.11. The lowest BCUT2D eigenvalue weighted by molar-refractivity contribution is -0.118. The Morgan fingerprint density at radius 2 is 1.52 bits per heavy atom. The van der Waals surface area contributed by atoms with Gasteiger partial charge in [-0.2, -0.15) is 0 Å². The molecule has 0 bridgehead atoms. The molecule has 4 heteroatoms. The van der Waals surface area contributed by atoms with Crippen molar-refractivity contribution >= 4 is 17.3 Å². The SMILES string of the molecule is O=C(COc1ccccc1)Nc1ccc(NC2CCCCCC2)cc1. The monoisotopic (exact) mass is 338 g/mol. The van der Waals surface area contributed by atoms with Gasteiger partial charge in [-0.1, -0.05) is 43.9 Å². The Bertz CT molecular complexity index is 647. The van der Waals surface area contributed by atoms with Crippen molar-refractivity contribution in [3.8, 4) is 5.75 Å². The zero-order valence-electron chi connectivity index (χ0n) is 14.5. The second kappa shape index (κ2) is 9.11. The predicted molar refractivity (Wildman–Crippen MR) is 102 cm³/mol. The zero-order chi connectivity index (χ0) is 17.3. The number of rotatable bonds is 6. The number of ether oxygens (including phenoxy) is 1. The van der Waals surface area contributed by atoms with Crippen molar-refractivity contribution in [3.63, 3.8) is 0 Å². The molecule has 0 radical (unpaired) electrons. The maximum Gasteiger partial charge on any atom is 0.262 e. The van der Waals surface area contributed by atoms with E-state index in [0.717, 1.165) is 11.4 Å². The third-order valence-corrected chi connectivity index (χ3v) is 4.51. The molecule has 1 amide bonds. The summed E-state index contributed by atoms with van der Waals surface area (Å²) >= 11 is 0. The van der Waals surface area contributed by atoms with Gasteiger partial charge in [-0.3, -0.25) is 4.79 Å². The Hall–Kier alpha value is -2.49. The van der Waals surface area contributed by atoms with E-state index in [1.807, 2.05) is 54.6 Å². The minimum atomic E-state index is -0.159. The largest absolute Gasteiger partial charge is 0.484 e. The number of nitrogens with one attached hydrogen (secondary N) is 2. The van der Waals surface area contributed by atoms with E-state index in [2.05, 4.69) is 10.6 Å². The maximum atomic E-state index is 12.0.